The lowest BCUT2D eigenvalue weighted by Gasteiger charge is -2.20. The van der Waals surface area contributed by atoms with Crippen molar-refractivity contribution in [3.8, 4) is 0 Å². The third kappa shape index (κ3) is 5.77. The lowest BCUT2D eigenvalue weighted by Crippen LogP contribution is -2.21. The van der Waals surface area contributed by atoms with Crippen molar-refractivity contribution in [2.75, 3.05) is 39.5 Å². The summed E-state index contributed by atoms with van der Waals surface area (Å²) < 4.78 is 0. The van der Waals surface area contributed by atoms with Crippen molar-refractivity contribution in [1.29, 1.82) is 0 Å². The van der Waals surface area contributed by atoms with Gasteiger partial charge in [-0.05, 0) is 83.7 Å². The van der Waals surface area contributed by atoms with E-state index in [1.807, 2.05) is 12.1 Å². The first-order valence-electron chi connectivity index (χ1n) is 10.7. The van der Waals surface area contributed by atoms with Gasteiger partial charge < -0.3 is 10.2 Å². The number of hydrogen-bond acceptors (Lipinski definition) is 5. The first-order chi connectivity index (χ1) is 14.3. The normalized spacial score (nSPS) is 11.6. The molecule has 0 atom stereocenters. The van der Waals surface area contributed by atoms with Gasteiger partial charge in [0.25, 0.3) is 0 Å². The fourth-order valence-electron chi connectivity index (χ4n) is 3.96. The molecule has 0 saturated heterocycles. The molecule has 0 radical (unpaired) electrons. The summed E-state index contributed by atoms with van der Waals surface area (Å²) in [5.41, 5.74) is 6.41. The summed E-state index contributed by atoms with van der Waals surface area (Å²) in [5.74, 6) is 1.79. The standard InChI is InChI=1S/C25H35N5/c1-18-14-19(2)22(20(3)15-18)16-30(6)17-24-27-23-11-8-7-10-21(23)25(28-24)26-12-9-13-29(4)5/h7-8,10-11,14-15H,9,12-13,16-17H2,1-6H3,(H,26,27,28). The second kappa shape index (κ2) is 10.0. The molecule has 3 rings (SSSR count). The summed E-state index contributed by atoms with van der Waals surface area (Å²) in [4.78, 5) is 14.2. The molecule has 0 aliphatic carbocycles. The summed E-state index contributed by atoms with van der Waals surface area (Å²) in [6.45, 7) is 10.1. The lowest BCUT2D eigenvalue weighted by atomic mass is 9.99. The molecular formula is C25H35N5. The molecule has 1 heterocycles. The zero-order valence-corrected chi connectivity index (χ0v) is 19.3. The Hall–Kier alpha value is -2.50. The van der Waals surface area contributed by atoms with Gasteiger partial charge in [-0.15, -0.1) is 0 Å². The molecule has 1 N–H and O–H groups in total. The van der Waals surface area contributed by atoms with Crippen molar-refractivity contribution >= 4 is 16.7 Å². The minimum absolute atomic E-state index is 0.712. The molecular weight excluding hydrogens is 370 g/mol. The molecule has 160 valence electrons. The lowest BCUT2D eigenvalue weighted by molar-refractivity contribution is 0.310. The number of nitrogens with zero attached hydrogens (tertiary/aromatic N) is 4. The van der Waals surface area contributed by atoms with Crippen LogP contribution in [0.4, 0.5) is 5.82 Å². The predicted octanol–water partition coefficient (Wildman–Crippen LogP) is 4.55. The molecule has 0 saturated carbocycles. The average Bonchev–Trinajstić information content (AvgIpc) is 2.67. The molecule has 0 unspecified atom stereocenters. The largest absolute Gasteiger partial charge is 0.369 e. The molecule has 5 heteroatoms. The van der Waals surface area contributed by atoms with E-state index in [2.05, 4.69) is 81.3 Å². The van der Waals surface area contributed by atoms with Gasteiger partial charge in [0.15, 0.2) is 0 Å². The maximum absolute atomic E-state index is 4.88. The minimum Gasteiger partial charge on any atom is -0.369 e. The third-order valence-electron chi connectivity index (χ3n) is 5.40. The highest BCUT2D eigenvalue weighted by Gasteiger charge is 2.12. The predicted molar refractivity (Wildman–Crippen MR) is 127 cm³/mol. The Balaban J connectivity index is 1.77. The number of para-hydroxylation sites is 1. The fraction of sp³-hybridized carbons (Fsp3) is 0.440. The van der Waals surface area contributed by atoms with Crippen LogP contribution in [-0.2, 0) is 13.1 Å². The molecule has 30 heavy (non-hydrogen) atoms. The maximum atomic E-state index is 4.88. The van der Waals surface area contributed by atoms with Gasteiger partial charge in [0.1, 0.15) is 11.6 Å². The van der Waals surface area contributed by atoms with Crippen LogP contribution in [0.2, 0.25) is 0 Å². The van der Waals surface area contributed by atoms with Crippen molar-refractivity contribution < 1.29 is 0 Å². The van der Waals surface area contributed by atoms with Crippen molar-refractivity contribution in [2.24, 2.45) is 0 Å². The van der Waals surface area contributed by atoms with E-state index in [1.54, 1.807) is 0 Å². The number of anilines is 1. The van der Waals surface area contributed by atoms with Crippen LogP contribution in [0.3, 0.4) is 0 Å². The fourth-order valence-corrected chi connectivity index (χ4v) is 3.96. The van der Waals surface area contributed by atoms with Gasteiger partial charge >= 0.3 is 0 Å². The van der Waals surface area contributed by atoms with Gasteiger partial charge in [-0.1, -0.05) is 29.8 Å². The van der Waals surface area contributed by atoms with Crippen LogP contribution in [0.25, 0.3) is 10.9 Å². The summed E-state index contributed by atoms with van der Waals surface area (Å²) in [6, 6.07) is 12.8. The van der Waals surface area contributed by atoms with Crippen molar-refractivity contribution in [3.05, 3.63) is 64.5 Å². The third-order valence-corrected chi connectivity index (χ3v) is 5.40. The number of nitrogens with one attached hydrogen (secondary N) is 1. The first-order valence-corrected chi connectivity index (χ1v) is 10.7. The van der Waals surface area contributed by atoms with Crippen LogP contribution in [-0.4, -0.2) is 54.0 Å². The van der Waals surface area contributed by atoms with Gasteiger partial charge in [-0.25, -0.2) is 9.97 Å². The van der Waals surface area contributed by atoms with Crippen LogP contribution in [0.15, 0.2) is 36.4 Å². The van der Waals surface area contributed by atoms with Crippen LogP contribution < -0.4 is 5.32 Å². The van der Waals surface area contributed by atoms with Crippen molar-refractivity contribution in [1.82, 2.24) is 19.8 Å². The van der Waals surface area contributed by atoms with Crippen LogP contribution in [0.1, 0.15) is 34.5 Å². The summed E-state index contributed by atoms with van der Waals surface area (Å²) in [7, 11) is 6.35. The van der Waals surface area contributed by atoms with E-state index in [0.29, 0.717) is 6.54 Å². The average molecular weight is 406 g/mol. The summed E-state index contributed by atoms with van der Waals surface area (Å²) in [6.07, 6.45) is 1.08. The molecule has 0 amide bonds. The van der Waals surface area contributed by atoms with Gasteiger partial charge in [0, 0.05) is 18.5 Å². The minimum atomic E-state index is 0.712. The number of aryl methyl sites for hydroxylation is 3. The Labute approximate surface area is 181 Å². The van der Waals surface area contributed by atoms with Crippen LogP contribution in [0.5, 0.6) is 0 Å². The van der Waals surface area contributed by atoms with E-state index in [-0.39, 0.29) is 0 Å². The monoisotopic (exact) mass is 405 g/mol. The van der Waals surface area contributed by atoms with E-state index < -0.39 is 0 Å². The number of fused-ring (bicyclic) bond motifs is 1. The zero-order valence-electron chi connectivity index (χ0n) is 19.3. The molecule has 0 aliphatic rings. The SMILES string of the molecule is Cc1cc(C)c(CN(C)Cc2nc(NCCCN(C)C)c3ccccc3n2)c(C)c1. The Bertz CT molecular complexity index is 973. The highest BCUT2D eigenvalue weighted by Crippen LogP contribution is 2.22. The second-order valence-corrected chi connectivity index (χ2v) is 8.64. The van der Waals surface area contributed by atoms with Gasteiger partial charge in [-0.2, -0.15) is 0 Å². The summed E-state index contributed by atoms with van der Waals surface area (Å²) >= 11 is 0. The molecule has 3 aromatic rings. The molecule has 5 nitrogen and oxygen atoms in total. The van der Waals surface area contributed by atoms with E-state index in [0.717, 1.165) is 48.6 Å². The van der Waals surface area contributed by atoms with Crippen molar-refractivity contribution in [2.45, 2.75) is 40.3 Å². The Morgan fingerprint density at radius 1 is 0.900 bits per heavy atom. The van der Waals surface area contributed by atoms with E-state index in [9.17, 15) is 0 Å². The second-order valence-electron chi connectivity index (χ2n) is 8.64. The van der Waals surface area contributed by atoms with Gasteiger partial charge in [0.2, 0.25) is 0 Å². The number of hydrogen-bond donors (Lipinski definition) is 1. The zero-order chi connectivity index (χ0) is 21.7. The van der Waals surface area contributed by atoms with Crippen LogP contribution >= 0.6 is 0 Å². The van der Waals surface area contributed by atoms with E-state index in [1.165, 1.54) is 22.3 Å². The summed E-state index contributed by atoms with van der Waals surface area (Å²) in [5, 5.41) is 4.62. The Morgan fingerprint density at radius 2 is 1.60 bits per heavy atom. The smallest absolute Gasteiger partial charge is 0.145 e. The Kier molecular flexibility index (Phi) is 7.40. The molecule has 0 aliphatic heterocycles. The van der Waals surface area contributed by atoms with Gasteiger partial charge in [0.05, 0.1) is 12.1 Å². The highest BCUT2D eigenvalue weighted by atomic mass is 15.1. The first kappa shape index (κ1) is 22.2. The number of benzene rings is 2. The van der Waals surface area contributed by atoms with E-state index in [4.69, 9.17) is 9.97 Å². The maximum Gasteiger partial charge on any atom is 0.145 e. The molecule has 1 aromatic heterocycles. The number of rotatable bonds is 9. The van der Waals surface area contributed by atoms with Gasteiger partial charge in [-0.3, -0.25) is 4.90 Å². The molecule has 0 fully saturated rings. The molecule has 2 aromatic carbocycles. The Morgan fingerprint density at radius 3 is 2.30 bits per heavy atom. The topological polar surface area (TPSA) is 44.3 Å². The highest BCUT2D eigenvalue weighted by molar-refractivity contribution is 5.88. The number of aromatic nitrogens is 2. The molecule has 0 spiro atoms. The quantitative estimate of drug-likeness (QED) is 0.529. The van der Waals surface area contributed by atoms with E-state index >= 15 is 0 Å². The van der Waals surface area contributed by atoms with Crippen LogP contribution in [0, 0.1) is 20.8 Å². The van der Waals surface area contributed by atoms with Crippen molar-refractivity contribution in [3.63, 3.8) is 0 Å². The molecule has 0 bridgehead atoms.